The summed E-state index contributed by atoms with van der Waals surface area (Å²) in [5.41, 5.74) is -1.26. The first-order chi connectivity index (χ1) is 6.16. The van der Waals surface area contributed by atoms with Crippen LogP contribution in [0, 0.1) is 5.95 Å². The van der Waals surface area contributed by atoms with E-state index in [0.717, 1.165) is 12.3 Å². The third-order valence-corrected chi connectivity index (χ3v) is 1.39. The van der Waals surface area contributed by atoms with Crippen LogP contribution < -0.4 is 5.43 Å². The molecule has 0 bridgehead atoms. The first-order valence-corrected chi connectivity index (χ1v) is 3.71. The number of H-pyrrole nitrogens is 1. The predicted molar refractivity (Wildman–Crippen MR) is 43.0 cm³/mol. The Bertz CT molecular complexity index is 372. The molecule has 1 heterocycles. The van der Waals surface area contributed by atoms with Crippen molar-refractivity contribution in [1.82, 2.24) is 4.98 Å². The number of rotatable bonds is 2. The zero-order chi connectivity index (χ0) is 9.84. The molecule has 0 aliphatic carbocycles. The molecular weight excluding hydrogens is 177 g/mol. The van der Waals surface area contributed by atoms with E-state index in [0.29, 0.717) is 0 Å². The molecule has 0 radical (unpaired) electrons. The van der Waals surface area contributed by atoms with Crippen LogP contribution >= 0.6 is 0 Å². The number of halogens is 1. The van der Waals surface area contributed by atoms with Crippen LogP contribution in [0.25, 0.3) is 0 Å². The van der Waals surface area contributed by atoms with Crippen molar-refractivity contribution in [2.24, 2.45) is 0 Å². The Morgan fingerprint density at radius 2 is 2.38 bits per heavy atom. The van der Waals surface area contributed by atoms with Gasteiger partial charge in [0.2, 0.25) is 5.95 Å². The average molecular weight is 185 g/mol. The average Bonchev–Trinajstić information content (AvgIpc) is 2.04. The molecule has 0 aromatic carbocycles. The Labute approximate surface area is 73.3 Å². The maximum atomic E-state index is 12.9. The highest BCUT2D eigenvalue weighted by Crippen LogP contribution is 1.99. The van der Waals surface area contributed by atoms with E-state index in [1.807, 2.05) is 0 Å². The second-order valence-electron chi connectivity index (χ2n) is 2.25. The molecule has 0 spiro atoms. The monoisotopic (exact) mass is 185 g/mol. The molecule has 0 saturated carbocycles. The maximum Gasteiger partial charge on any atom is 0.346 e. The second-order valence-corrected chi connectivity index (χ2v) is 2.25. The number of aromatic nitrogens is 1. The summed E-state index contributed by atoms with van der Waals surface area (Å²) < 4.78 is 17.4. The van der Waals surface area contributed by atoms with E-state index in [1.54, 1.807) is 6.92 Å². The van der Waals surface area contributed by atoms with Gasteiger partial charge in [0.25, 0.3) is 0 Å². The Balaban J connectivity index is 3.13. The topological polar surface area (TPSA) is 59.2 Å². The summed E-state index contributed by atoms with van der Waals surface area (Å²) >= 11 is 0. The Morgan fingerprint density at radius 3 is 2.92 bits per heavy atom. The number of ether oxygens (including phenoxy) is 1. The lowest BCUT2D eigenvalue weighted by molar-refractivity contribution is 0.0518. The van der Waals surface area contributed by atoms with Crippen molar-refractivity contribution in [2.45, 2.75) is 6.92 Å². The van der Waals surface area contributed by atoms with Crippen LogP contribution in [0.5, 0.6) is 0 Å². The highest BCUT2D eigenvalue weighted by atomic mass is 19.1. The van der Waals surface area contributed by atoms with Gasteiger partial charge in [-0.15, -0.1) is 0 Å². The predicted octanol–water partition coefficient (Wildman–Crippen LogP) is 0.691. The molecule has 5 heteroatoms. The molecule has 4 nitrogen and oxygen atoms in total. The largest absolute Gasteiger partial charge is 0.462 e. The highest BCUT2D eigenvalue weighted by Gasteiger charge is 2.16. The van der Waals surface area contributed by atoms with E-state index in [9.17, 15) is 14.0 Å². The molecule has 0 fully saturated rings. The summed E-state index contributed by atoms with van der Waals surface area (Å²) in [7, 11) is 0. The number of esters is 1. The van der Waals surface area contributed by atoms with E-state index >= 15 is 0 Å². The zero-order valence-corrected chi connectivity index (χ0v) is 6.96. The smallest absolute Gasteiger partial charge is 0.346 e. The lowest BCUT2D eigenvalue weighted by Gasteiger charge is -2.00. The maximum absolute atomic E-state index is 12.9. The van der Waals surface area contributed by atoms with Crippen LogP contribution in [0.2, 0.25) is 0 Å². The summed E-state index contributed by atoms with van der Waals surface area (Å²) in [6.45, 7) is 1.68. The van der Waals surface area contributed by atoms with Gasteiger partial charge in [0, 0.05) is 12.3 Å². The molecule has 1 aromatic rings. The number of nitrogens with one attached hydrogen (secondary N) is 1. The molecule has 1 N–H and O–H groups in total. The van der Waals surface area contributed by atoms with Gasteiger partial charge in [0.15, 0.2) is 11.0 Å². The highest BCUT2D eigenvalue weighted by molar-refractivity contribution is 5.89. The van der Waals surface area contributed by atoms with Gasteiger partial charge < -0.3 is 9.72 Å². The van der Waals surface area contributed by atoms with Crippen LogP contribution in [0.3, 0.4) is 0 Å². The summed E-state index contributed by atoms with van der Waals surface area (Å²) in [6, 6.07) is 1.06. The molecule has 13 heavy (non-hydrogen) atoms. The SMILES string of the molecule is CCOC(=O)c1c(F)[nH]ccc1=O. The standard InChI is InChI=1S/C8H8FNO3/c1-2-13-8(12)6-5(11)3-4-10-7(6)9/h3-4H,2H2,1H3,(H,10,11). The fourth-order valence-electron chi connectivity index (χ4n) is 0.848. The van der Waals surface area contributed by atoms with Crippen molar-refractivity contribution >= 4 is 5.97 Å². The van der Waals surface area contributed by atoms with Gasteiger partial charge in [-0.2, -0.15) is 4.39 Å². The van der Waals surface area contributed by atoms with Crippen molar-refractivity contribution in [1.29, 1.82) is 0 Å². The van der Waals surface area contributed by atoms with Crippen molar-refractivity contribution in [3.63, 3.8) is 0 Å². The van der Waals surface area contributed by atoms with E-state index in [2.05, 4.69) is 9.72 Å². The van der Waals surface area contributed by atoms with Gasteiger partial charge in [-0.1, -0.05) is 0 Å². The quantitative estimate of drug-likeness (QED) is 0.544. The third kappa shape index (κ3) is 1.93. The van der Waals surface area contributed by atoms with Crippen LogP contribution in [0.15, 0.2) is 17.1 Å². The van der Waals surface area contributed by atoms with Gasteiger partial charge in [-0.25, -0.2) is 4.79 Å². The molecule has 70 valence electrons. The van der Waals surface area contributed by atoms with Gasteiger partial charge in [0.05, 0.1) is 6.61 Å². The van der Waals surface area contributed by atoms with E-state index in [4.69, 9.17) is 0 Å². The van der Waals surface area contributed by atoms with Crippen LogP contribution in [-0.4, -0.2) is 17.6 Å². The fourth-order valence-corrected chi connectivity index (χ4v) is 0.848. The van der Waals surface area contributed by atoms with Gasteiger partial charge in [-0.05, 0) is 6.92 Å². The number of hydrogen-bond acceptors (Lipinski definition) is 3. The summed E-state index contributed by atoms with van der Waals surface area (Å²) in [6.07, 6.45) is 1.13. The van der Waals surface area contributed by atoms with Crippen molar-refractivity contribution in [3.05, 3.63) is 34.0 Å². The van der Waals surface area contributed by atoms with Gasteiger partial charge in [-0.3, -0.25) is 4.79 Å². The minimum Gasteiger partial charge on any atom is -0.462 e. The Hall–Kier alpha value is -1.65. The minimum absolute atomic E-state index is 0.104. The molecule has 0 saturated heterocycles. The zero-order valence-electron chi connectivity index (χ0n) is 6.96. The van der Waals surface area contributed by atoms with E-state index < -0.39 is 22.9 Å². The first-order valence-electron chi connectivity index (χ1n) is 3.71. The Morgan fingerprint density at radius 1 is 1.69 bits per heavy atom. The summed E-state index contributed by atoms with van der Waals surface area (Å²) in [5, 5.41) is 0. The van der Waals surface area contributed by atoms with Crippen molar-refractivity contribution in [2.75, 3.05) is 6.61 Å². The Kier molecular flexibility index (Phi) is 2.79. The van der Waals surface area contributed by atoms with Crippen LogP contribution in [-0.2, 0) is 4.74 Å². The number of pyridine rings is 1. The molecule has 0 unspecified atom stereocenters. The number of aromatic amines is 1. The van der Waals surface area contributed by atoms with Gasteiger partial charge >= 0.3 is 5.97 Å². The lowest BCUT2D eigenvalue weighted by Crippen LogP contribution is -2.19. The van der Waals surface area contributed by atoms with E-state index in [1.165, 1.54) is 0 Å². The first kappa shape index (κ1) is 9.44. The fraction of sp³-hybridized carbons (Fsp3) is 0.250. The summed E-state index contributed by atoms with van der Waals surface area (Å²) in [4.78, 5) is 24.1. The molecule has 1 rings (SSSR count). The molecule has 0 aliphatic heterocycles. The molecule has 0 aliphatic rings. The van der Waals surface area contributed by atoms with E-state index in [-0.39, 0.29) is 6.61 Å². The molecule has 0 atom stereocenters. The van der Waals surface area contributed by atoms with Crippen LogP contribution in [0.4, 0.5) is 4.39 Å². The minimum atomic E-state index is -0.967. The van der Waals surface area contributed by atoms with Crippen molar-refractivity contribution < 1.29 is 13.9 Å². The van der Waals surface area contributed by atoms with Crippen LogP contribution in [0.1, 0.15) is 17.3 Å². The lowest BCUT2D eigenvalue weighted by atomic mass is 10.3. The molecular formula is C8H8FNO3. The number of carbonyl (C=O) groups excluding carboxylic acids is 1. The molecule has 0 amide bonds. The van der Waals surface area contributed by atoms with Crippen molar-refractivity contribution in [3.8, 4) is 0 Å². The normalized spacial score (nSPS) is 9.69. The third-order valence-electron chi connectivity index (χ3n) is 1.39. The number of hydrogen-bond donors (Lipinski definition) is 1. The van der Waals surface area contributed by atoms with Gasteiger partial charge in [0.1, 0.15) is 0 Å². The second kappa shape index (κ2) is 3.84. The molecule has 1 aromatic heterocycles. The number of carbonyl (C=O) groups is 1. The summed E-state index contributed by atoms with van der Waals surface area (Å²) in [5.74, 6) is -1.91.